The summed E-state index contributed by atoms with van der Waals surface area (Å²) in [6.07, 6.45) is 7.61. The van der Waals surface area contributed by atoms with Gasteiger partial charge in [-0.3, -0.25) is 13.2 Å². The van der Waals surface area contributed by atoms with Gasteiger partial charge in [0.2, 0.25) is 0 Å². The molecule has 0 fully saturated rings. The first-order valence-electron chi connectivity index (χ1n) is 5.50. The van der Waals surface area contributed by atoms with E-state index in [9.17, 15) is 28.4 Å². The van der Waals surface area contributed by atoms with Gasteiger partial charge in [0.25, 0.3) is 7.82 Å². The highest BCUT2D eigenvalue weighted by atomic mass is 31.3. The lowest BCUT2D eigenvalue weighted by molar-refractivity contribution is -0.233. The van der Waals surface area contributed by atoms with E-state index in [0.29, 0.717) is 11.6 Å². The van der Waals surface area contributed by atoms with Gasteiger partial charge in [0.15, 0.2) is 15.2 Å². The molecule has 21 heavy (non-hydrogen) atoms. The number of phosphoric acid groups is 1. The molecule has 11 heteroatoms. The molecule has 0 N–H and O–H groups in total. The van der Waals surface area contributed by atoms with Crippen LogP contribution >= 0.6 is 23.0 Å². The smallest absolute Gasteiger partial charge is 0.278 e. The average Bonchev–Trinajstić information content (AvgIpc) is 2.25. The predicted molar refractivity (Wildman–Crippen MR) is 72.9 cm³/mol. The van der Waals surface area contributed by atoms with Crippen LogP contribution in [-0.4, -0.2) is 0 Å². The van der Waals surface area contributed by atoms with Crippen LogP contribution in [0.4, 0.5) is 0 Å². The lowest BCUT2D eigenvalue weighted by atomic mass is 10.5. The fourth-order valence-electron chi connectivity index (χ4n) is 0.881. The van der Waals surface area contributed by atoms with Crippen molar-refractivity contribution in [2.75, 3.05) is 0 Å². The second-order valence-corrected chi connectivity index (χ2v) is 8.38. The van der Waals surface area contributed by atoms with Gasteiger partial charge in [-0.15, -0.1) is 0 Å². The maximum absolute atomic E-state index is 11.3. The molecular formula is C10H14O8P3-3. The summed E-state index contributed by atoms with van der Waals surface area (Å²) in [6, 6.07) is 0. The molecule has 0 heterocycles. The normalized spacial score (nSPS) is 22.0. The minimum Gasteiger partial charge on any atom is -0.775 e. The lowest BCUT2D eigenvalue weighted by Crippen LogP contribution is -2.12. The minimum absolute atomic E-state index is 0.465. The molecule has 0 saturated heterocycles. The predicted octanol–water partition coefficient (Wildman–Crippen LogP) is 1.77. The van der Waals surface area contributed by atoms with E-state index in [0.717, 1.165) is 12.2 Å². The second kappa shape index (κ2) is 8.79. The highest BCUT2D eigenvalue weighted by Gasteiger charge is 2.21. The van der Waals surface area contributed by atoms with Crippen molar-refractivity contribution in [2.24, 2.45) is 0 Å². The molecule has 0 aliphatic carbocycles. The highest BCUT2D eigenvalue weighted by Crippen LogP contribution is 2.63. The van der Waals surface area contributed by atoms with Crippen molar-refractivity contribution in [3.05, 3.63) is 48.1 Å². The van der Waals surface area contributed by atoms with Crippen LogP contribution in [-0.2, 0) is 22.3 Å². The summed E-state index contributed by atoms with van der Waals surface area (Å²) >= 11 is 0. The first-order valence-corrected chi connectivity index (χ1v) is 10.2. The number of allylic oxidation sites excluding steroid dienone is 6. The Kier molecular flexibility index (Phi) is 8.56. The number of rotatable bonds is 8. The molecule has 0 spiro atoms. The molecular weight excluding hydrogens is 341 g/mol. The monoisotopic (exact) mass is 355 g/mol. The third kappa shape index (κ3) is 10.8. The van der Waals surface area contributed by atoms with Crippen LogP contribution in [0.5, 0.6) is 0 Å². The zero-order chi connectivity index (χ0) is 16.6. The molecule has 2 unspecified atom stereocenters. The summed E-state index contributed by atoms with van der Waals surface area (Å²) < 4.78 is 41.3. The molecule has 0 amide bonds. The SMILES string of the molecule is C/C=C/C=C/P(=O)([O-])OP(=O)([O-])OP(=O)([O-])/C=C/C=C/C. The van der Waals surface area contributed by atoms with E-state index in [2.05, 4.69) is 8.62 Å². The Bertz CT molecular complexity index is 541. The summed E-state index contributed by atoms with van der Waals surface area (Å²) in [4.78, 5) is 33.8. The highest BCUT2D eigenvalue weighted by molar-refractivity contribution is 7.70. The summed E-state index contributed by atoms with van der Waals surface area (Å²) in [5.74, 6) is 0.929. The van der Waals surface area contributed by atoms with Crippen molar-refractivity contribution in [2.45, 2.75) is 13.8 Å². The van der Waals surface area contributed by atoms with Gasteiger partial charge >= 0.3 is 0 Å². The van der Waals surface area contributed by atoms with Crippen LogP contribution in [0, 0.1) is 0 Å². The zero-order valence-corrected chi connectivity index (χ0v) is 13.9. The number of hydrogen-bond donors (Lipinski definition) is 0. The van der Waals surface area contributed by atoms with Gasteiger partial charge in [-0.2, -0.15) is 0 Å². The van der Waals surface area contributed by atoms with Gasteiger partial charge in [0.1, 0.15) is 0 Å². The molecule has 0 radical (unpaired) electrons. The van der Waals surface area contributed by atoms with Gasteiger partial charge in [0.05, 0.1) is 0 Å². The van der Waals surface area contributed by atoms with Crippen LogP contribution in [0.15, 0.2) is 48.1 Å². The van der Waals surface area contributed by atoms with Crippen LogP contribution < -0.4 is 14.7 Å². The van der Waals surface area contributed by atoms with Gasteiger partial charge < -0.3 is 23.8 Å². The molecule has 0 bridgehead atoms. The molecule has 120 valence electrons. The third-order valence-electron chi connectivity index (χ3n) is 1.57. The van der Waals surface area contributed by atoms with E-state index < -0.39 is 23.0 Å². The van der Waals surface area contributed by atoms with E-state index in [1.165, 1.54) is 24.3 Å². The van der Waals surface area contributed by atoms with E-state index >= 15 is 0 Å². The van der Waals surface area contributed by atoms with Gasteiger partial charge in [-0.1, -0.05) is 36.5 Å². The van der Waals surface area contributed by atoms with Crippen molar-refractivity contribution in [1.82, 2.24) is 0 Å². The minimum atomic E-state index is -5.58. The molecule has 0 aromatic carbocycles. The van der Waals surface area contributed by atoms with Crippen molar-refractivity contribution in [1.29, 1.82) is 0 Å². The average molecular weight is 355 g/mol. The quantitative estimate of drug-likeness (QED) is 0.474. The largest absolute Gasteiger partial charge is 0.775 e. The van der Waals surface area contributed by atoms with E-state index in [-0.39, 0.29) is 0 Å². The first-order chi connectivity index (χ1) is 9.54. The first kappa shape index (κ1) is 20.5. The Hall–Kier alpha value is -0.550. The Morgan fingerprint density at radius 2 is 1.05 bits per heavy atom. The fraction of sp³-hybridized carbons (Fsp3) is 0.200. The van der Waals surface area contributed by atoms with Crippen molar-refractivity contribution in [3.63, 3.8) is 0 Å². The fourth-order valence-corrected chi connectivity index (χ4v) is 4.55. The number of hydrogen-bond acceptors (Lipinski definition) is 8. The Labute approximate surface area is 122 Å². The molecule has 2 atom stereocenters. The molecule has 0 rings (SSSR count). The molecule has 0 aromatic rings. The maximum Gasteiger partial charge on any atom is 0.278 e. The van der Waals surface area contributed by atoms with Gasteiger partial charge in [-0.05, 0) is 25.5 Å². The van der Waals surface area contributed by atoms with Crippen LogP contribution in [0.1, 0.15) is 13.8 Å². The van der Waals surface area contributed by atoms with Crippen LogP contribution in [0.25, 0.3) is 0 Å². The topological polar surface area (TPSA) is 139 Å². The Balaban J connectivity index is 4.95. The van der Waals surface area contributed by atoms with Gasteiger partial charge in [0, 0.05) is 0 Å². The second-order valence-electron chi connectivity index (χ2n) is 3.42. The van der Waals surface area contributed by atoms with E-state index in [1.54, 1.807) is 13.8 Å². The lowest BCUT2D eigenvalue weighted by Gasteiger charge is -2.33. The Morgan fingerprint density at radius 1 is 0.714 bits per heavy atom. The summed E-state index contributed by atoms with van der Waals surface area (Å²) in [5.41, 5.74) is 0. The van der Waals surface area contributed by atoms with Crippen LogP contribution in [0.3, 0.4) is 0 Å². The maximum atomic E-state index is 11.3. The summed E-state index contributed by atoms with van der Waals surface area (Å²) in [6.45, 7) is 3.21. The summed E-state index contributed by atoms with van der Waals surface area (Å²) in [7, 11) is -15.5. The molecule has 0 aliphatic heterocycles. The molecule has 0 aliphatic rings. The summed E-state index contributed by atoms with van der Waals surface area (Å²) in [5, 5.41) is 0. The third-order valence-corrected chi connectivity index (χ3v) is 6.07. The van der Waals surface area contributed by atoms with E-state index in [1.807, 2.05) is 0 Å². The zero-order valence-electron chi connectivity index (χ0n) is 11.2. The van der Waals surface area contributed by atoms with Crippen LogP contribution in [0.2, 0.25) is 0 Å². The molecule has 8 nitrogen and oxygen atoms in total. The standard InChI is InChI=1S/C10H17O8P3/c1-3-5-7-9-19(11,12)17-21(15,16)18-20(13,14)10-8-6-4-2/h3-10H,1-2H3,(H,11,12)(H,13,14)(H,15,16)/p-3/b5-3+,6-4+,9-7+,10-8+. The van der Waals surface area contributed by atoms with E-state index in [4.69, 9.17) is 0 Å². The molecule has 0 aromatic heterocycles. The van der Waals surface area contributed by atoms with Gasteiger partial charge in [-0.25, -0.2) is 0 Å². The van der Waals surface area contributed by atoms with Crippen molar-refractivity contribution >= 4 is 23.0 Å². The Morgan fingerprint density at radius 3 is 1.33 bits per heavy atom. The van der Waals surface area contributed by atoms with Crippen molar-refractivity contribution in [3.8, 4) is 0 Å². The molecule has 0 saturated carbocycles. The van der Waals surface area contributed by atoms with Crippen molar-refractivity contribution < 1.29 is 37.0 Å².